The zero-order valence-corrected chi connectivity index (χ0v) is 27.8. The van der Waals surface area contributed by atoms with E-state index >= 15 is 0 Å². The first-order chi connectivity index (χ1) is 18.1. The van der Waals surface area contributed by atoms with E-state index in [9.17, 15) is 0 Å². The molecular formula is C34H72ClNSi. The van der Waals surface area contributed by atoms with Crippen LogP contribution in [-0.4, -0.2) is 13.9 Å². The third-order valence-electron chi connectivity index (χ3n) is 8.23. The van der Waals surface area contributed by atoms with Crippen LogP contribution in [0, 0.1) is 0 Å². The first-order valence-electron chi connectivity index (χ1n) is 17.5. The Morgan fingerprint density at radius 3 is 0.649 bits per heavy atom. The Bertz CT molecular complexity index is 409. The molecule has 0 bridgehead atoms. The van der Waals surface area contributed by atoms with Crippen molar-refractivity contribution in [2.75, 3.05) is 6.54 Å². The Labute approximate surface area is 242 Å². The molecule has 0 amide bonds. The fourth-order valence-corrected chi connectivity index (χ4v) is 7.13. The molecule has 3 heteroatoms. The van der Waals surface area contributed by atoms with Crippen LogP contribution in [0.15, 0.2) is 0 Å². The van der Waals surface area contributed by atoms with E-state index in [2.05, 4.69) is 13.1 Å². The standard InChI is InChI=1S/C34H72ClNSi/c1-37(2,35)34-32-30-28-26-24-22-20-18-16-14-12-10-8-6-4-3-5-7-9-11-13-15-17-19-21-23-25-27-29-31-33-36/h3-34,36H2,1-2H3. The monoisotopic (exact) mass is 558 g/mol. The molecular weight excluding hydrogens is 486 g/mol. The number of hydrogen-bond acceptors (Lipinski definition) is 1. The quantitative estimate of drug-likeness (QED) is 0.0496. The number of rotatable bonds is 32. The van der Waals surface area contributed by atoms with Crippen LogP contribution in [0.25, 0.3) is 0 Å². The Morgan fingerprint density at radius 1 is 0.324 bits per heavy atom. The second-order valence-corrected chi connectivity index (χ2v) is 19.9. The lowest BCUT2D eigenvalue weighted by molar-refractivity contribution is 0.513. The van der Waals surface area contributed by atoms with Gasteiger partial charge >= 0.3 is 0 Å². The van der Waals surface area contributed by atoms with Crippen LogP contribution in [-0.2, 0) is 0 Å². The number of halogens is 1. The maximum absolute atomic E-state index is 6.39. The fourth-order valence-electron chi connectivity index (χ4n) is 5.64. The molecule has 0 aliphatic heterocycles. The predicted molar refractivity (Wildman–Crippen MR) is 176 cm³/mol. The smallest absolute Gasteiger partial charge is 0.150 e. The summed E-state index contributed by atoms with van der Waals surface area (Å²) in [6.07, 6.45) is 43.5. The molecule has 0 aliphatic rings. The molecule has 0 saturated carbocycles. The summed E-state index contributed by atoms with van der Waals surface area (Å²) < 4.78 is 0. The van der Waals surface area contributed by atoms with E-state index in [1.165, 1.54) is 199 Å². The first kappa shape index (κ1) is 37.5. The summed E-state index contributed by atoms with van der Waals surface area (Å²) in [6, 6.07) is 1.30. The summed E-state index contributed by atoms with van der Waals surface area (Å²) in [7, 11) is -1.31. The molecule has 224 valence electrons. The molecule has 0 aromatic rings. The highest BCUT2D eigenvalue weighted by atomic mass is 35.6. The molecule has 0 heterocycles. The van der Waals surface area contributed by atoms with Gasteiger partial charge in [0.15, 0.2) is 0 Å². The maximum Gasteiger partial charge on any atom is 0.150 e. The third kappa shape index (κ3) is 36.5. The first-order valence-corrected chi connectivity index (χ1v) is 21.7. The normalized spacial score (nSPS) is 12.0. The number of hydrogen-bond donors (Lipinski definition) is 1. The fraction of sp³-hybridized carbons (Fsp3) is 1.00. The van der Waals surface area contributed by atoms with E-state index in [1.807, 2.05) is 0 Å². The van der Waals surface area contributed by atoms with Gasteiger partial charge in [0.25, 0.3) is 0 Å². The molecule has 0 radical (unpaired) electrons. The molecule has 1 nitrogen and oxygen atoms in total. The minimum atomic E-state index is -1.31. The third-order valence-corrected chi connectivity index (χ3v) is 10.3. The van der Waals surface area contributed by atoms with Crippen LogP contribution in [0.1, 0.15) is 193 Å². The van der Waals surface area contributed by atoms with Crippen molar-refractivity contribution in [3.63, 3.8) is 0 Å². The van der Waals surface area contributed by atoms with Crippen molar-refractivity contribution in [2.24, 2.45) is 5.73 Å². The molecule has 0 atom stereocenters. The molecule has 0 rings (SSSR count). The van der Waals surface area contributed by atoms with Gasteiger partial charge < -0.3 is 5.73 Å². The Morgan fingerprint density at radius 2 is 0.486 bits per heavy atom. The zero-order valence-electron chi connectivity index (χ0n) is 26.1. The molecule has 37 heavy (non-hydrogen) atoms. The van der Waals surface area contributed by atoms with Gasteiger partial charge in [0, 0.05) is 0 Å². The van der Waals surface area contributed by atoms with Gasteiger partial charge in [-0.05, 0) is 19.0 Å². The summed E-state index contributed by atoms with van der Waals surface area (Å²) in [5.74, 6) is 0. The zero-order chi connectivity index (χ0) is 27.1. The summed E-state index contributed by atoms with van der Waals surface area (Å²) >= 11 is 6.39. The Balaban J connectivity index is 3.04. The van der Waals surface area contributed by atoms with Crippen molar-refractivity contribution in [3.8, 4) is 0 Å². The molecule has 0 aromatic heterocycles. The highest BCUT2D eigenvalue weighted by Gasteiger charge is 2.15. The van der Waals surface area contributed by atoms with E-state index < -0.39 is 7.38 Å². The van der Waals surface area contributed by atoms with Gasteiger partial charge in [0.2, 0.25) is 0 Å². The summed E-state index contributed by atoms with van der Waals surface area (Å²) in [4.78, 5) is 0. The number of nitrogens with two attached hydrogens (primary N) is 1. The van der Waals surface area contributed by atoms with E-state index in [4.69, 9.17) is 16.8 Å². The average molecular weight is 558 g/mol. The SMILES string of the molecule is C[Si](C)(Cl)CCCCCCCCCCCCCCCCCCCCCCCCCCCCCCCCN. The summed E-state index contributed by atoms with van der Waals surface area (Å²) in [5, 5.41) is 0. The highest BCUT2D eigenvalue weighted by Crippen LogP contribution is 2.20. The van der Waals surface area contributed by atoms with Gasteiger partial charge in [-0.1, -0.05) is 199 Å². The molecule has 0 aromatic carbocycles. The van der Waals surface area contributed by atoms with Crippen molar-refractivity contribution < 1.29 is 0 Å². The average Bonchev–Trinajstić information content (AvgIpc) is 2.86. The number of unbranched alkanes of at least 4 members (excludes halogenated alkanes) is 29. The maximum atomic E-state index is 6.39. The lowest BCUT2D eigenvalue weighted by atomic mass is 10.0. The van der Waals surface area contributed by atoms with Crippen LogP contribution in [0.3, 0.4) is 0 Å². The van der Waals surface area contributed by atoms with Gasteiger partial charge in [-0.25, -0.2) is 0 Å². The van der Waals surface area contributed by atoms with Crippen LogP contribution in [0.4, 0.5) is 0 Å². The largest absolute Gasteiger partial charge is 0.330 e. The van der Waals surface area contributed by atoms with E-state index in [1.54, 1.807) is 0 Å². The van der Waals surface area contributed by atoms with Crippen molar-refractivity contribution in [3.05, 3.63) is 0 Å². The van der Waals surface area contributed by atoms with Gasteiger partial charge in [-0.3, -0.25) is 0 Å². The Hall–Kier alpha value is 0.467. The van der Waals surface area contributed by atoms with E-state index in [0.717, 1.165) is 6.54 Å². The van der Waals surface area contributed by atoms with Gasteiger partial charge in [0.1, 0.15) is 7.38 Å². The second-order valence-electron chi connectivity index (χ2n) is 12.9. The Kier molecular flexibility index (Phi) is 31.4. The minimum Gasteiger partial charge on any atom is -0.330 e. The molecule has 0 unspecified atom stereocenters. The molecule has 0 spiro atoms. The van der Waals surface area contributed by atoms with Crippen LogP contribution in [0.5, 0.6) is 0 Å². The lowest BCUT2D eigenvalue weighted by Crippen LogP contribution is -2.14. The van der Waals surface area contributed by atoms with E-state index in [0.29, 0.717) is 0 Å². The van der Waals surface area contributed by atoms with Crippen molar-refractivity contribution >= 4 is 18.5 Å². The second kappa shape index (κ2) is 31.0. The summed E-state index contributed by atoms with van der Waals surface area (Å²) in [6.45, 7) is 5.42. The minimum absolute atomic E-state index is 0.873. The van der Waals surface area contributed by atoms with Gasteiger partial charge in [0.05, 0.1) is 0 Å². The predicted octanol–water partition coefficient (Wildman–Crippen LogP) is 13.1. The molecule has 0 aliphatic carbocycles. The van der Waals surface area contributed by atoms with Crippen molar-refractivity contribution in [1.82, 2.24) is 0 Å². The molecule has 0 fully saturated rings. The molecule has 0 saturated heterocycles. The lowest BCUT2D eigenvalue weighted by Gasteiger charge is -2.11. The molecule has 2 N–H and O–H groups in total. The van der Waals surface area contributed by atoms with E-state index in [-0.39, 0.29) is 0 Å². The van der Waals surface area contributed by atoms with Gasteiger partial charge in [-0.2, -0.15) is 11.1 Å². The van der Waals surface area contributed by atoms with Crippen molar-refractivity contribution in [2.45, 2.75) is 212 Å². The topological polar surface area (TPSA) is 26.0 Å². The van der Waals surface area contributed by atoms with Crippen LogP contribution in [0.2, 0.25) is 19.1 Å². The summed E-state index contributed by atoms with van der Waals surface area (Å²) in [5.41, 5.74) is 5.54. The van der Waals surface area contributed by atoms with Gasteiger partial charge in [-0.15, -0.1) is 0 Å². The van der Waals surface area contributed by atoms with Crippen LogP contribution >= 0.6 is 11.1 Å². The van der Waals surface area contributed by atoms with Crippen LogP contribution < -0.4 is 5.73 Å². The van der Waals surface area contributed by atoms with Crippen molar-refractivity contribution in [1.29, 1.82) is 0 Å². The highest BCUT2D eigenvalue weighted by molar-refractivity contribution is 7.19.